The molecule has 0 amide bonds. The van der Waals surface area contributed by atoms with Gasteiger partial charge in [0.05, 0.1) is 11.9 Å². The molecule has 0 radical (unpaired) electrons. The summed E-state index contributed by atoms with van der Waals surface area (Å²) in [6.07, 6.45) is 1.69. The summed E-state index contributed by atoms with van der Waals surface area (Å²) < 4.78 is 0. The Morgan fingerprint density at radius 2 is 1.81 bits per heavy atom. The van der Waals surface area contributed by atoms with Crippen molar-refractivity contribution in [2.75, 3.05) is 5.43 Å². The third kappa shape index (κ3) is 3.48. The minimum absolute atomic E-state index is 0.673. The predicted molar refractivity (Wildman–Crippen MR) is 90.2 cm³/mol. The van der Waals surface area contributed by atoms with Crippen molar-refractivity contribution in [3.05, 3.63) is 70.6 Å². The zero-order valence-electron chi connectivity index (χ0n) is 11.0. The Balaban J connectivity index is 1.70. The van der Waals surface area contributed by atoms with Gasteiger partial charge in [-0.3, -0.25) is 5.43 Å². The van der Waals surface area contributed by atoms with Crippen LogP contribution in [0, 0.1) is 0 Å². The van der Waals surface area contributed by atoms with Gasteiger partial charge in [0.2, 0.25) is 5.13 Å². The van der Waals surface area contributed by atoms with E-state index < -0.39 is 0 Å². The molecule has 0 atom stereocenters. The van der Waals surface area contributed by atoms with Gasteiger partial charge in [0.15, 0.2) is 0 Å². The molecular weight excluding hydrogens is 302 g/mol. The molecular formula is C16H12ClN3S. The Morgan fingerprint density at radius 3 is 2.62 bits per heavy atom. The monoisotopic (exact) mass is 313 g/mol. The van der Waals surface area contributed by atoms with Crippen molar-refractivity contribution in [2.45, 2.75) is 0 Å². The van der Waals surface area contributed by atoms with Crippen LogP contribution < -0.4 is 5.43 Å². The van der Waals surface area contributed by atoms with E-state index in [2.05, 4.69) is 15.5 Å². The van der Waals surface area contributed by atoms with Crippen LogP contribution in [0.15, 0.2) is 65.1 Å². The number of nitrogens with zero attached hydrogens (tertiary/aromatic N) is 2. The summed E-state index contributed by atoms with van der Waals surface area (Å²) in [4.78, 5) is 4.49. The molecule has 0 aliphatic heterocycles. The highest BCUT2D eigenvalue weighted by Crippen LogP contribution is 2.24. The Hall–Kier alpha value is -2.17. The second kappa shape index (κ2) is 6.52. The molecule has 3 nitrogen and oxygen atoms in total. The molecule has 2 aromatic carbocycles. The number of benzene rings is 2. The van der Waals surface area contributed by atoms with Crippen LogP contribution in [-0.4, -0.2) is 11.2 Å². The van der Waals surface area contributed by atoms with Gasteiger partial charge >= 0.3 is 0 Å². The van der Waals surface area contributed by atoms with E-state index in [1.54, 1.807) is 6.21 Å². The first-order valence-electron chi connectivity index (χ1n) is 6.37. The number of hydrazone groups is 1. The van der Waals surface area contributed by atoms with Gasteiger partial charge in [-0.1, -0.05) is 60.1 Å². The molecule has 0 aliphatic rings. The predicted octanol–water partition coefficient (Wildman–Crippen LogP) is 4.91. The van der Waals surface area contributed by atoms with E-state index in [1.807, 2.05) is 60.0 Å². The Morgan fingerprint density at radius 1 is 1.05 bits per heavy atom. The van der Waals surface area contributed by atoms with Crippen LogP contribution in [0.2, 0.25) is 5.02 Å². The van der Waals surface area contributed by atoms with Gasteiger partial charge in [0.1, 0.15) is 0 Å². The second-order valence-electron chi connectivity index (χ2n) is 4.30. The Bertz CT molecular complexity index is 753. The third-order valence-electron chi connectivity index (χ3n) is 2.84. The number of aromatic nitrogens is 1. The summed E-state index contributed by atoms with van der Waals surface area (Å²) in [6, 6.07) is 17.6. The first-order valence-corrected chi connectivity index (χ1v) is 7.63. The van der Waals surface area contributed by atoms with Crippen molar-refractivity contribution in [3.8, 4) is 11.3 Å². The molecule has 0 fully saturated rings. The van der Waals surface area contributed by atoms with E-state index in [1.165, 1.54) is 11.3 Å². The van der Waals surface area contributed by atoms with Gasteiger partial charge in [-0.2, -0.15) is 5.10 Å². The van der Waals surface area contributed by atoms with Crippen LogP contribution in [0.25, 0.3) is 11.3 Å². The SMILES string of the molecule is Clc1ccccc1/C=N/Nc1nc(-c2ccccc2)cs1. The summed E-state index contributed by atoms with van der Waals surface area (Å²) in [5, 5.41) is 7.59. The molecule has 3 aromatic rings. The van der Waals surface area contributed by atoms with Crippen LogP contribution in [0.1, 0.15) is 5.56 Å². The van der Waals surface area contributed by atoms with E-state index in [0.29, 0.717) is 5.02 Å². The quantitative estimate of drug-likeness (QED) is 0.549. The highest BCUT2D eigenvalue weighted by atomic mass is 35.5. The molecule has 1 aromatic heterocycles. The standard InChI is InChI=1S/C16H12ClN3S/c17-14-9-5-4-8-13(14)10-18-20-16-19-15(11-21-16)12-6-2-1-3-7-12/h1-11H,(H,19,20)/b18-10+. The maximum absolute atomic E-state index is 6.06. The molecule has 0 bridgehead atoms. The van der Waals surface area contributed by atoms with Crippen molar-refractivity contribution >= 4 is 34.3 Å². The zero-order valence-corrected chi connectivity index (χ0v) is 12.6. The van der Waals surface area contributed by atoms with E-state index in [4.69, 9.17) is 11.6 Å². The van der Waals surface area contributed by atoms with Crippen molar-refractivity contribution in [3.63, 3.8) is 0 Å². The normalized spacial score (nSPS) is 10.9. The average Bonchev–Trinajstić information content (AvgIpc) is 2.99. The lowest BCUT2D eigenvalue weighted by atomic mass is 10.2. The summed E-state index contributed by atoms with van der Waals surface area (Å²) >= 11 is 7.57. The third-order valence-corrected chi connectivity index (χ3v) is 3.93. The summed E-state index contributed by atoms with van der Waals surface area (Å²) in [5.41, 5.74) is 5.83. The minimum atomic E-state index is 0.673. The van der Waals surface area contributed by atoms with E-state index in [9.17, 15) is 0 Å². The fraction of sp³-hybridized carbons (Fsp3) is 0. The van der Waals surface area contributed by atoms with Crippen LogP contribution in [-0.2, 0) is 0 Å². The molecule has 3 rings (SSSR count). The summed E-state index contributed by atoms with van der Waals surface area (Å²) in [7, 11) is 0. The number of hydrogen-bond acceptors (Lipinski definition) is 4. The maximum atomic E-state index is 6.06. The number of rotatable bonds is 4. The fourth-order valence-electron chi connectivity index (χ4n) is 1.80. The lowest BCUT2D eigenvalue weighted by Crippen LogP contribution is -1.90. The van der Waals surface area contributed by atoms with Crippen LogP contribution in [0.4, 0.5) is 5.13 Å². The van der Waals surface area contributed by atoms with Crippen LogP contribution in [0.5, 0.6) is 0 Å². The Labute approximate surface area is 131 Å². The van der Waals surface area contributed by atoms with E-state index >= 15 is 0 Å². The second-order valence-corrected chi connectivity index (χ2v) is 5.56. The van der Waals surface area contributed by atoms with Crippen molar-refractivity contribution in [1.29, 1.82) is 0 Å². The Kier molecular flexibility index (Phi) is 4.28. The molecule has 0 saturated carbocycles. The maximum Gasteiger partial charge on any atom is 0.203 e. The van der Waals surface area contributed by atoms with Gasteiger partial charge in [0, 0.05) is 21.5 Å². The van der Waals surface area contributed by atoms with Gasteiger partial charge < -0.3 is 0 Å². The minimum Gasteiger partial charge on any atom is -0.253 e. The van der Waals surface area contributed by atoms with Gasteiger partial charge in [-0.05, 0) is 6.07 Å². The molecule has 0 spiro atoms. The molecule has 1 heterocycles. The van der Waals surface area contributed by atoms with Crippen LogP contribution >= 0.6 is 22.9 Å². The molecule has 21 heavy (non-hydrogen) atoms. The number of anilines is 1. The largest absolute Gasteiger partial charge is 0.253 e. The topological polar surface area (TPSA) is 37.3 Å². The van der Waals surface area contributed by atoms with E-state index in [-0.39, 0.29) is 0 Å². The summed E-state index contributed by atoms with van der Waals surface area (Å²) in [6.45, 7) is 0. The molecule has 104 valence electrons. The highest BCUT2D eigenvalue weighted by molar-refractivity contribution is 7.14. The van der Waals surface area contributed by atoms with Gasteiger partial charge in [0.25, 0.3) is 0 Å². The van der Waals surface area contributed by atoms with Crippen molar-refractivity contribution < 1.29 is 0 Å². The molecule has 0 saturated heterocycles. The number of hydrogen-bond donors (Lipinski definition) is 1. The fourth-order valence-corrected chi connectivity index (χ4v) is 2.66. The smallest absolute Gasteiger partial charge is 0.203 e. The number of thiazole rings is 1. The number of nitrogens with one attached hydrogen (secondary N) is 1. The summed E-state index contributed by atoms with van der Waals surface area (Å²) in [5.74, 6) is 0. The first kappa shape index (κ1) is 13.8. The molecule has 1 N–H and O–H groups in total. The van der Waals surface area contributed by atoms with Gasteiger partial charge in [-0.15, -0.1) is 11.3 Å². The lowest BCUT2D eigenvalue weighted by Gasteiger charge is -1.97. The van der Waals surface area contributed by atoms with Crippen molar-refractivity contribution in [1.82, 2.24) is 4.98 Å². The lowest BCUT2D eigenvalue weighted by molar-refractivity contribution is 1.29. The number of halogens is 1. The molecule has 0 aliphatic carbocycles. The molecule has 0 unspecified atom stereocenters. The average molecular weight is 314 g/mol. The van der Waals surface area contributed by atoms with E-state index in [0.717, 1.165) is 22.0 Å². The zero-order chi connectivity index (χ0) is 14.5. The van der Waals surface area contributed by atoms with Gasteiger partial charge in [-0.25, -0.2) is 4.98 Å². The highest BCUT2D eigenvalue weighted by Gasteiger charge is 2.02. The first-order chi connectivity index (χ1) is 10.3. The van der Waals surface area contributed by atoms with Crippen LogP contribution in [0.3, 0.4) is 0 Å². The van der Waals surface area contributed by atoms with Crippen molar-refractivity contribution in [2.24, 2.45) is 5.10 Å². The molecule has 5 heteroatoms.